The van der Waals surface area contributed by atoms with E-state index in [0.717, 1.165) is 6.07 Å². The first-order valence-electron chi connectivity index (χ1n) is 10.1. The molecule has 2 aromatic carbocycles. The fourth-order valence-corrected chi connectivity index (χ4v) is 3.29. The minimum atomic E-state index is -0.707. The van der Waals surface area contributed by atoms with Crippen molar-refractivity contribution in [2.45, 2.75) is 0 Å². The highest BCUT2D eigenvalue weighted by molar-refractivity contribution is 6.03. The Bertz CT molecular complexity index is 1520. The summed E-state index contributed by atoms with van der Waals surface area (Å²) >= 11 is 0. The number of nitrogens with zero attached hydrogens (tertiary/aromatic N) is 4. The highest BCUT2D eigenvalue weighted by Crippen LogP contribution is 2.28. The maximum absolute atomic E-state index is 14.7. The second-order valence-corrected chi connectivity index (χ2v) is 7.24. The number of rotatable bonds is 5. The number of carbonyl (C=O) groups excluding carboxylic acids is 1. The maximum atomic E-state index is 14.7. The fourth-order valence-electron chi connectivity index (χ4n) is 3.29. The number of pyridine rings is 1. The van der Waals surface area contributed by atoms with Crippen LogP contribution >= 0.6 is 0 Å². The third kappa shape index (κ3) is 4.24. The van der Waals surface area contributed by atoms with Crippen LogP contribution in [0.2, 0.25) is 0 Å². The zero-order chi connectivity index (χ0) is 23.7. The third-order valence-electron chi connectivity index (χ3n) is 4.87. The Kier molecular flexibility index (Phi) is 5.30. The lowest BCUT2D eigenvalue weighted by Crippen LogP contribution is -2.14. The summed E-state index contributed by atoms with van der Waals surface area (Å²) in [4.78, 5) is 21.1. The number of amides is 1. The molecule has 34 heavy (non-hydrogen) atoms. The Morgan fingerprint density at radius 2 is 1.79 bits per heavy atom. The Labute approximate surface area is 191 Å². The Morgan fingerprint density at radius 1 is 0.971 bits per heavy atom. The van der Waals surface area contributed by atoms with Crippen LogP contribution in [-0.4, -0.2) is 25.5 Å². The molecular formula is C24H16F2N6O2. The van der Waals surface area contributed by atoms with Gasteiger partial charge in [-0.05, 0) is 48.5 Å². The van der Waals surface area contributed by atoms with Gasteiger partial charge in [0.2, 0.25) is 5.88 Å². The molecule has 10 heteroatoms. The summed E-state index contributed by atoms with van der Waals surface area (Å²) in [5.74, 6) is -1.31. The van der Waals surface area contributed by atoms with E-state index in [9.17, 15) is 13.6 Å². The molecule has 1 amide bonds. The fraction of sp³-hybridized carbons (Fsp3) is 0. The molecule has 0 fully saturated rings. The summed E-state index contributed by atoms with van der Waals surface area (Å²) in [6.45, 7) is 0. The van der Waals surface area contributed by atoms with Crippen LogP contribution in [0, 0.1) is 11.6 Å². The molecule has 0 atom stereocenters. The zero-order valence-corrected chi connectivity index (χ0v) is 17.4. The number of nitrogens with two attached hydrogens (primary N) is 1. The number of anilines is 2. The molecule has 0 unspecified atom stereocenters. The Morgan fingerprint density at radius 3 is 2.59 bits per heavy atom. The predicted molar refractivity (Wildman–Crippen MR) is 121 cm³/mol. The summed E-state index contributed by atoms with van der Waals surface area (Å²) < 4.78 is 34.9. The molecule has 0 aliphatic rings. The lowest BCUT2D eigenvalue weighted by Gasteiger charge is -2.11. The third-order valence-corrected chi connectivity index (χ3v) is 4.87. The van der Waals surface area contributed by atoms with E-state index >= 15 is 0 Å². The van der Waals surface area contributed by atoms with Crippen molar-refractivity contribution in [3.8, 4) is 22.9 Å². The minimum absolute atomic E-state index is 0.0863. The smallest absolute Gasteiger partial charge is 0.274 e. The number of carbonyl (C=O) groups is 1. The number of halogens is 2. The number of benzene rings is 2. The van der Waals surface area contributed by atoms with Gasteiger partial charge in [0.25, 0.3) is 5.91 Å². The highest BCUT2D eigenvalue weighted by Gasteiger charge is 2.14. The van der Waals surface area contributed by atoms with Crippen LogP contribution in [0.5, 0.6) is 11.6 Å². The standard InChI is InChI=1S/C24H16F2N6O2/c25-15-6-4-14(5-7-15)18-2-1-3-19(30-18)24(33)29-16-8-9-20(17(26)12-16)34-23-13-21(27)31-22-10-11-28-32(22)23/h1-13H,(H2,27,31)(H,29,33). The SMILES string of the molecule is Nc1cc(Oc2ccc(NC(=O)c3cccc(-c4ccc(F)cc4)n3)cc2F)n2nccc2n1. The molecular weight excluding hydrogens is 442 g/mol. The topological polar surface area (TPSA) is 107 Å². The second-order valence-electron chi connectivity index (χ2n) is 7.24. The van der Waals surface area contributed by atoms with Crippen molar-refractivity contribution in [1.29, 1.82) is 0 Å². The molecule has 0 spiro atoms. The number of hydrogen-bond acceptors (Lipinski definition) is 6. The van der Waals surface area contributed by atoms with E-state index in [-0.39, 0.29) is 34.6 Å². The lowest BCUT2D eigenvalue weighted by atomic mass is 10.1. The van der Waals surface area contributed by atoms with E-state index in [4.69, 9.17) is 10.5 Å². The number of hydrogen-bond donors (Lipinski definition) is 2. The van der Waals surface area contributed by atoms with Crippen molar-refractivity contribution in [3.63, 3.8) is 0 Å². The maximum Gasteiger partial charge on any atom is 0.274 e. The van der Waals surface area contributed by atoms with Crippen molar-refractivity contribution in [2.75, 3.05) is 11.1 Å². The molecule has 0 saturated carbocycles. The lowest BCUT2D eigenvalue weighted by molar-refractivity contribution is 0.102. The molecule has 3 N–H and O–H groups in total. The average molecular weight is 458 g/mol. The van der Waals surface area contributed by atoms with Gasteiger partial charge in [-0.3, -0.25) is 4.79 Å². The van der Waals surface area contributed by atoms with Gasteiger partial charge in [-0.25, -0.2) is 18.7 Å². The molecule has 0 aliphatic heterocycles. The summed E-state index contributed by atoms with van der Waals surface area (Å²) in [7, 11) is 0. The number of ether oxygens (including phenoxy) is 1. The molecule has 168 valence electrons. The molecule has 0 radical (unpaired) electrons. The van der Waals surface area contributed by atoms with Gasteiger partial charge in [-0.1, -0.05) is 6.07 Å². The molecule has 0 aliphatic carbocycles. The molecule has 0 saturated heterocycles. The number of nitrogen functional groups attached to an aromatic ring is 1. The first kappa shape index (κ1) is 21.0. The second kappa shape index (κ2) is 8.58. The van der Waals surface area contributed by atoms with Crippen molar-refractivity contribution >= 4 is 23.1 Å². The van der Waals surface area contributed by atoms with Gasteiger partial charge in [0.15, 0.2) is 17.2 Å². The Hall–Kier alpha value is -4.86. The van der Waals surface area contributed by atoms with E-state index in [2.05, 4.69) is 20.4 Å². The van der Waals surface area contributed by atoms with Crippen LogP contribution in [0.1, 0.15) is 10.5 Å². The molecule has 8 nitrogen and oxygen atoms in total. The van der Waals surface area contributed by atoms with Gasteiger partial charge in [0, 0.05) is 29.4 Å². The molecule has 0 bridgehead atoms. The number of nitrogens with one attached hydrogen (secondary N) is 1. The zero-order valence-electron chi connectivity index (χ0n) is 17.4. The van der Waals surface area contributed by atoms with Crippen LogP contribution in [-0.2, 0) is 0 Å². The largest absolute Gasteiger partial charge is 0.436 e. The van der Waals surface area contributed by atoms with E-state index < -0.39 is 11.7 Å². The van der Waals surface area contributed by atoms with Crippen LogP contribution < -0.4 is 15.8 Å². The predicted octanol–water partition coefficient (Wildman–Crippen LogP) is 4.70. The molecule has 3 aromatic heterocycles. The summed E-state index contributed by atoms with van der Waals surface area (Å²) in [5.41, 5.74) is 7.72. The van der Waals surface area contributed by atoms with Crippen LogP contribution in [0.25, 0.3) is 16.9 Å². The van der Waals surface area contributed by atoms with Gasteiger partial charge in [-0.15, -0.1) is 0 Å². The van der Waals surface area contributed by atoms with Gasteiger partial charge in [-0.2, -0.15) is 9.61 Å². The first-order valence-corrected chi connectivity index (χ1v) is 10.1. The van der Waals surface area contributed by atoms with Crippen LogP contribution in [0.4, 0.5) is 20.3 Å². The van der Waals surface area contributed by atoms with E-state index in [1.54, 1.807) is 30.3 Å². The molecule has 5 rings (SSSR count). The first-order chi connectivity index (χ1) is 16.5. The van der Waals surface area contributed by atoms with Gasteiger partial charge in [0.1, 0.15) is 17.3 Å². The van der Waals surface area contributed by atoms with Gasteiger partial charge in [0.05, 0.1) is 11.9 Å². The van der Waals surface area contributed by atoms with Gasteiger partial charge >= 0.3 is 0 Å². The number of aromatic nitrogens is 4. The minimum Gasteiger partial charge on any atom is -0.436 e. The van der Waals surface area contributed by atoms with E-state index in [0.29, 0.717) is 16.9 Å². The molecule has 3 heterocycles. The van der Waals surface area contributed by atoms with Crippen LogP contribution in [0.3, 0.4) is 0 Å². The summed E-state index contributed by atoms with van der Waals surface area (Å²) in [5, 5.41) is 6.69. The summed E-state index contributed by atoms with van der Waals surface area (Å²) in [6, 6.07) is 17.7. The molecule has 5 aromatic rings. The monoisotopic (exact) mass is 458 g/mol. The summed E-state index contributed by atoms with van der Waals surface area (Å²) in [6.07, 6.45) is 1.52. The highest BCUT2D eigenvalue weighted by atomic mass is 19.1. The van der Waals surface area contributed by atoms with Crippen molar-refractivity contribution in [1.82, 2.24) is 19.6 Å². The van der Waals surface area contributed by atoms with Crippen molar-refractivity contribution in [2.24, 2.45) is 0 Å². The number of fused-ring (bicyclic) bond motifs is 1. The Balaban J connectivity index is 1.34. The van der Waals surface area contributed by atoms with Crippen molar-refractivity contribution in [3.05, 3.63) is 96.3 Å². The van der Waals surface area contributed by atoms with Gasteiger partial charge < -0.3 is 15.8 Å². The quantitative estimate of drug-likeness (QED) is 0.395. The van der Waals surface area contributed by atoms with E-state index in [1.807, 2.05) is 0 Å². The van der Waals surface area contributed by atoms with Crippen molar-refractivity contribution < 1.29 is 18.3 Å². The normalized spacial score (nSPS) is 10.9. The van der Waals surface area contributed by atoms with E-state index in [1.165, 1.54) is 47.1 Å². The average Bonchev–Trinajstić information content (AvgIpc) is 3.30. The van der Waals surface area contributed by atoms with Crippen LogP contribution in [0.15, 0.2) is 79.0 Å².